The number of ether oxygens (including phenoxy) is 1. The summed E-state index contributed by atoms with van der Waals surface area (Å²) < 4.78 is 5.51. The maximum Gasteiger partial charge on any atom is 0.121 e. The molecule has 1 aromatic carbocycles. The predicted octanol–water partition coefficient (Wildman–Crippen LogP) is 1.94. The molecule has 2 nitrogen and oxygen atoms in total. The highest BCUT2D eigenvalue weighted by molar-refractivity contribution is 6.33. The maximum absolute atomic E-state index is 5.61. The summed E-state index contributed by atoms with van der Waals surface area (Å²) in [6, 6.07) is 7.55. The van der Waals surface area contributed by atoms with Gasteiger partial charge >= 0.3 is 0 Å². The van der Waals surface area contributed by atoms with Crippen LogP contribution in [0.25, 0.3) is 0 Å². The Balaban J connectivity index is 2.28. The lowest BCUT2D eigenvalue weighted by Gasteiger charge is -2.05. The van der Waals surface area contributed by atoms with E-state index >= 15 is 0 Å². The van der Waals surface area contributed by atoms with Gasteiger partial charge in [0.25, 0.3) is 0 Å². The Kier molecular flexibility index (Phi) is 4.23. The molecular weight excluding hydrogens is 161 g/mol. The van der Waals surface area contributed by atoms with Crippen LogP contribution in [0.4, 0.5) is 5.69 Å². The lowest BCUT2D eigenvalue weighted by atomic mass is 9.77. The van der Waals surface area contributed by atoms with Gasteiger partial charge in [-0.05, 0) is 18.6 Å². The molecule has 0 amide bonds. The SMILES string of the molecule is CBCCCOc1cccc(N)c1. The number of hydrogen-bond acceptors (Lipinski definition) is 2. The van der Waals surface area contributed by atoms with E-state index < -0.39 is 0 Å². The predicted molar refractivity (Wildman–Crippen MR) is 58.8 cm³/mol. The molecule has 0 spiro atoms. The first-order chi connectivity index (χ1) is 6.33. The molecule has 0 saturated heterocycles. The van der Waals surface area contributed by atoms with Gasteiger partial charge in [-0.2, -0.15) is 0 Å². The molecule has 2 N–H and O–H groups in total. The van der Waals surface area contributed by atoms with Crippen LogP contribution >= 0.6 is 0 Å². The van der Waals surface area contributed by atoms with Gasteiger partial charge in [0.05, 0.1) is 6.61 Å². The normalized spacial score (nSPS) is 9.62. The van der Waals surface area contributed by atoms with Crippen LogP contribution in [0.5, 0.6) is 5.75 Å². The summed E-state index contributed by atoms with van der Waals surface area (Å²) in [6.07, 6.45) is 2.34. The molecule has 0 fully saturated rings. The van der Waals surface area contributed by atoms with Crippen LogP contribution in [0.3, 0.4) is 0 Å². The highest BCUT2D eigenvalue weighted by Crippen LogP contribution is 2.14. The van der Waals surface area contributed by atoms with Crippen LogP contribution < -0.4 is 10.5 Å². The zero-order valence-corrected chi connectivity index (χ0v) is 8.12. The first kappa shape index (κ1) is 9.97. The van der Waals surface area contributed by atoms with Crippen molar-refractivity contribution in [3.63, 3.8) is 0 Å². The van der Waals surface area contributed by atoms with Crippen molar-refractivity contribution in [2.24, 2.45) is 0 Å². The first-order valence-electron chi connectivity index (χ1n) is 4.81. The van der Waals surface area contributed by atoms with Crippen molar-refractivity contribution in [2.45, 2.75) is 19.6 Å². The van der Waals surface area contributed by atoms with Gasteiger partial charge in [0.15, 0.2) is 0 Å². The topological polar surface area (TPSA) is 35.2 Å². The molecule has 0 aliphatic rings. The zero-order chi connectivity index (χ0) is 9.52. The van der Waals surface area contributed by atoms with Gasteiger partial charge in [-0.15, -0.1) is 0 Å². The fraction of sp³-hybridized carbons (Fsp3) is 0.400. The number of nitrogen functional groups attached to an aromatic ring is 1. The summed E-state index contributed by atoms with van der Waals surface area (Å²) in [5.74, 6) is 0.871. The second-order valence-corrected chi connectivity index (χ2v) is 3.13. The summed E-state index contributed by atoms with van der Waals surface area (Å²) in [4.78, 5) is 0. The average molecular weight is 177 g/mol. The van der Waals surface area contributed by atoms with Crippen LogP contribution in [0, 0.1) is 0 Å². The van der Waals surface area contributed by atoms with E-state index in [9.17, 15) is 0 Å². The lowest BCUT2D eigenvalue weighted by Crippen LogP contribution is -1.98. The molecule has 3 heteroatoms. The Morgan fingerprint density at radius 1 is 1.46 bits per heavy atom. The van der Waals surface area contributed by atoms with Gasteiger partial charge in [-0.3, -0.25) is 0 Å². The Morgan fingerprint density at radius 3 is 3.00 bits per heavy atom. The highest BCUT2D eigenvalue weighted by Gasteiger charge is 1.93. The summed E-state index contributed by atoms with van der Waals surface area (Å²) in [7, 11) is 1.22. The number of hydrogen-bond donors (Lipinski definition) is 1. The average Bonchev–Trinajstić information content (AvgIpc) is 2.13. The van der Waals surface area contributed by atoms with Crippen molar-refractivity contribution < 1.29 is 4.74 Å². The highest BCUT2D eigenvalue weighted by atomic mass is 16.5. The quantitative estimate of drug-likeness (QED) is 0.423. The second-order valence-electron chi connectivity index (χ2n) is 3.13. The van der Waals surface area contributed by atoms with Crippen LogP contribution in [0.15, 0.2) is 24.3 Å². The van der Waals surface area contributed by atoms with Crippen molar-refractivity contribution in [1.82, 2.24) is 0 Å². The monoisotopic (exact) mass is 177 g/mol. The number of benzene rings is 1. The van der Waals surface area contributed by atoms with Gasteiger partial charge in [0.1, 0.15) is 13.0 Å². The minimum atomic E-state index is 0.757. The second kappa shape index (κ2) is 5.52. The molecule has 0 heterocycles. The Morgan fingerprint density at radius 2 is 2.31 bits per heavy atom. The molecular formula is C10H16BNO. The minimum Gasteiger partial charge on any atom is -0.494 e. The summed E-state index contributed by atoms with van der Waals surface area (Å²) in [5.41, 5.74) is 6.37. The largest absolute Gasteiger partial charge is 0.494 e. The lowest BCUT2D eigenvalue weighted by molar-refractivity contribution is 0.317. The molecule has 13 heavy (non-hydrogen) atoms. The Hall–Kier alpha value is -1.12. The van der Waals surface area contributed by atoms with Crippen molar-refractivity contribution in [2.75, 3.05) is 12.3 Å². The zero-order valence-electron chi connectivity index (χ0n) is 8.12. The van der Waals surface area contributed by atoms with E-state index in [4.69, 9.17) is 10.5 Å². The van der Waals surface area contributed by atoms with E-state index in [2.05, 4.69) is 6.82 Å². The molecule has 0 bridgehead atoms. The van der Waals surface area contributed by atoms with Gasteiger partial charge < -0.3 is 10.5 Å². The Labute approximate surface area is 80.3 Å². The minimum absolute atomic E-state index is 0.757. The van der Waals surface area contributed by atoms with Crippen molar-refractivity contribution in [3.05, 3.63) is 24.3 Å². The van der Waals surface area contributed by atoms with E-state index in [-0.39, 0.29) is 0 Å². The number of rotatable bonds is 5. The van der Waals surface area contributed by atoms with Crippen LogP contribution in [-0.4, -0.2) is 13.9 Å². The molecule has 0 aromatic heterocycles. The van der Waals surface area contributed by atoms with Gasteiger partial charge in [0, 0.05) is 11.8 Å². The van der Waals surface area contributed by atoms with E-state index in [0.717, 1.165) is 24.5 Å². The number of anilines is 1. The molecule has 1 aromatic rings. The van der Waals surface area contributed by atoms with Crippen LogP contribution in [0.2, 0.25) is 13.1 Å². The fourth-order valence-corrected chi connectivity index (χ4v) is 1.15. The molecule has 0 saturated carbocycles. The van der Waals surface area contributed by atoms with E-state index in [1.807, 2.05) is 24.3 Å². The smallest absolute Gasteiger partial charge is 0.121 e. The van der Waals surface area contributed by atoms with Crippen LogP contribution in [0.1, 0.15) is 6.42 Å². The first-order valence-corrected chi connectivity index (χ1v) is 4.81. The molecule has 70 valence electrons. The third-order valence-electron chi connectivity index (χ3n) is 1.87. The summed E-state index contributed by atoms with van der Waals surface area (Å²) >= 11 is 0. The molecule has 1 rings (SSSR count). The summed E-state index contributed by atoms with van der Waals surface area (Å²) in [6.45, 7) is 2.97. The standard InChI is InChI=1S/C10H16BNO/c1-11-6-3-7-13-10-5-2-4-9(12)8-10/h2,4-5,8,11H,3,6-7,12H2,1H3. The molecule has 0 aliphatic heterocycles. The number of nitrogens with two attached hydrogens (primary N) is 1. The molecule has 0 unspecified atom stereocenters. The maximum atomic E-state index is 5.61. The van der Waals surface area contributed by atoms with Crippen LogP contribution in [-0.2, 0) is 0 Å². The van der Waals surface area contributed by atoms with E-state index in [1.165, 1.54) is 13.6 Å². The van der Waals surface area contributed by atoms with Gasteiger partial charge in [0.2, 0.25) is 0 Å². The van der Waals surface area contributed by atoms with Crippen molar-refractivity contribution in [1.29, 1.82) is 0 Å². The fourth-order valence-electron chi connectivity index (χ4n) is 1.15. The van der Waals surface area contributed by atoms with Gasteiger partial charge in [-0.1, -0.05) is 19.2 Å². The third-order valence-corrected chi connectivity index (χ3v) is 1.87. The molecule has 0 radical (unpaired) electrons. The summed E-state index contributed by atoms with van der Waals surface area (Å²) in [5, 5.41) is 0. The van der Waals surface area contributed by atoms with Crippen molar-refractivity contribution >= 4 is 13.0 Å². The molecule has 0 aliphatic carbocycles. The van der Waals surface area contributed by atoms with Gasteiger partial charge in [-0.25, -0.2) is 0 Å². The van der Waals surface area contributed by atoms with E-state index in [0.29, 0.717) is 0 Å². The Bertz CT molecular complexity index is 252. The molecule has 0 atom stereocenters. The van der Waals surface area contributed by atoms with Crippen molar-refractivity contribution in [3.8, 4) is 5.75 Å². The van der Waals surface area contributed by atoms with E-state index in [1.54, 1.807) is 0 Å². The third kappa shape index (κ3) is 3.88.